The van der Waals surface area contributed by atoms with Crippen molar-refractivity contribution in [3.63, 3.8) is 0 Å². The second kappa shape index (κ2) is 14.9. The topological polar surface area (TPSA) is 46.1 Å². The van der Waals surface area contributed by atoms with Crippen LogP contribution in [0.4, 0.5) is 5.69 Å². The molecule has 0 aromatic heterocycles. The number of nitrogens with zero attached hydrogens (tertiary/aromatic N) is 4. The Labute approximate surface area is 201 Å². The highest BCUT2D eigenvalue weighted by Crippen LogP contribution is 2.15. The number of aliphatic imine (C=N–C) groups is 1. The summed E-state index contributed by atoms with van der Waals surface area (Å²) in [5.74, 6) is 0.923. The molecule has 1 aromatic rings. The van der Waals surface area contributed by atoms with Crippen molar-refractivity contribution in [3.05, 3.63) is 29.8 Å². The van der Waals surface area contributed by atoms with Crippen molar-refractivity contribution in [2.24, 2.45) is 4.99 Å². The molecule has 1 unspecified atom stereocenters. The van der Waals surface area contributed by atoms with Gasteiger partial charge >= 0.3 is 0 Å². The van der Waals surface area contributed by atoms with Gasteiger partial charge in [-0.1, -0.05) is 19.1 Å². The van der Waals surface area contributed by atoms with Crippen LogP contribution in [0.3, 0.4) is 0 Å². The fraction of sp³-hybridized carbons (Fsp3) is 0.696. The van der Waals surface area contributed by atoms with E-state index in [2.05, 4.69) is 84.2 Å². The molecule has 1 aliphatic heterocycles. The van der Waals surface area contributed by atoms with Gasteiger partial charge in [-0.25, -0.2) is 0 Å². The summed E-state index contributed by atoms with van der Waals surface area (Å²) in [5, 5.41) is 6.91. The molecule has 1 aromatic carbocycles. The first-order valence-corrected chi connectivity index (χ1v) is 11.4. The molecule has 0 amide bonds. The Balaban J connectivity index is 0.00000450. The van der Waals surface area contributed by atoms with Gasteiger partial charge in [0, 0.05) is 64.1 Å². The van der Waals surface area contributed by atoms with Gasteiger partial charge < -0.3 is 20.4 Å². The first kappa shape index (κ1) is 27.0. The highest BCUT2D eigenvalue weighted by atomic mass is 127. The van der Waals surface area contributed by atoms with Crippen molar-refractivity contribution < 1.29 is 0 Å². The lowest BCUT2D eigenvalue weighted by molar-refractivity contribution is 0.109. The Morgan fingerprint density at radius 3 is 2.47 bits per heavy atom. The van der Waals surface area contributed by atoms with Crippen molar-refractivity contribution in [2.45, 2.75) is 40.7 Å². The Kier molecular flexibility index (Phi) is 13.4. The molecule has 172 valence electrons. The van der Waals surface area contributed by atoms with Crippen LogP contribution >= 0.6 is 24.0 Å². The number of anilines is 1. The average Bonchev–Trinajstić information content (AvgIpc) is 2.74. The molecule has 1 aliphatic rings. The van der Waals surface area contributed by atoms with E-state index < -0.39 is 0 Å². The predicted octanol–water partition coefficient (Wildman–Crippen LogP) is 3.02. The van der Waals surface area contributed by atoms with Gasteiger partial charge in [-0.3, -0.25) is 9.89 Å². The maximum absolute atomic E-state index is 4.86. The molecule has 2 rings (SSSR count). The van der Waals surface area contributed by atoms with Crippen LogP contribution in [0.1, 0.15) is 33.3 Å². The van der Waals surface area contributed by atoms with E-state index in [-0.39, 0.29) is 24.0 Å². The summed E-state index contributed by atoms with van der Waals surface area (Å²) in [7, 11) is 0. The molecule has 6 nitrogen and oxygen atoms in total. The minimum Gasteiger partial charge on any atom is -0.370 e. The van der Waals surface area contributed by atoms with Crippen molar-refractivity contribution in [1.29, 1.82) is 0 Å². The van der Waals surface area contributed by atoms with Crippen molar-refractivity contribution >= 4 is 35.6 Å². The molecule has 0 radical (unpaired) electrons. The normalized spacial score (nSPS) is 16.6. The van der Waals surface area contributed by atoms with Gasteiger partial charge in [-0.05, 0) is 51.9 Å². The standard InChI is InChI=1S/C23H42N6.HI/c1-6-24-23(26-19-21(5)29-16-14-27(7-2)15-17-29)25-12-13-28(8-3)22-11-9-10-20(4)18-22;/h9-11,18,21H,6-8,12-17,19H2,1-5H3,(H2,24,25,26);1H. The summed E-state index contributed by atoms with van der Waals surface area (Å²) in [6, 6.07) is 9.20. The van der Waals surface area contributed by atoms with Crippen LogP contribution in [-0.4, -0.2) is 87.2 Å². The highest BCUT2D eigenvalue weighted by Gasteiger charge is 2.19. The third-order valence-corrected chi connectivity index (χ3v) is 5.76. The Hall–Kier alpha value is -1.06. The van der Waals surface area contributed by atoms with Crippen LogP contribution in [0.5, 0.6) is 0 Å². The summed E-state index contributed by atoms with van der Waals surface area (Å²) < 4.78 is 0. The van der Waals surface area contributed by atoms with Crippen LogP contribution < -0.4 is 15.5 Å². The molecule has 2 N–H and O–H groups in total. The lowest BCUT2D eigenvalue weighted by Gasteiger charge is -2.37. The number of hydrogen-bond donors (Lipinski definition) is 2. The summed E-state index contributed by atoms with van der Waals surface area (Å²) in [6.07, 6.45) is 0. The molecule has 0 saturated carbocycles. The number of guanidine groups is 1. The molecule has 0 bridgehead atoms. The molecular weight excluding hydrogens is 487 g/mol. The fourth-order valence-electron chi connectivity index (χ4n) is 3.80. The lowest BCUT2D eigenvalue weighted by Crippen LogP contribution is -2.50. The molecule has 7 heteroatoms. The minimum atomic E-state index is 0. The second-order valence-electron chi connectivity index (χ2n) is 7.88. The second-order valence-corrected chi connectivity index (χ2v) is 7.88. The van der Waals surface area contributed by atoms with Gasteiger partial charge in [-0.15, -0.1) is 24.0 Å². The summed E-state index contributed by atoms with van der Waals surface area (Å²) in [6.45, 7) is 21.4. The predicted molar refractivity (Wildman–Crippen MR) is 142 cm³/mol. The Morgan fingerprint density at radius 2 is 1.87 bits per heavy atom. The van der Waals surface area contributed by atoms with Crippen LogP contribution in [0.15, 0.2) is 29.3 Å². The van der Waals surface area contributed by atoms with E-state index in [1.165, 1.54) is 24.3 Å². The maximum Gasteiger partial charge on any atom is 0.191 e. The largest absolute Gasteiger partial charge is 0.370 e. The number of rotatable bonds is 10. The highest BCUT2D eigenvalue weighted by molar-refractivity contribution is 14.0. The first-order valence-electron chi connectivity index (χ1n) is 11.4. The third kappa shape index (κ3) is 8.98. The van der Waals surface area contributed by atoms with E-state index in [4.69, 9.17) is 4.99 Å². The smallest absolute Gasteiger partial charge is 0.191 e. The van der Waals surface area contributed by atoms with Crippen LogP contribution in [0, 0.1) is 6.92 Å². The van der Waals surface area contributed by atoms with Gasteiger partial charge in [-0.2, -0.15) is 0 Å². The van der Waals surface area contributed by atoms with Gasteiger partial charge in [0.2, 0.25) is 0 Å². The number of benzene rings is 1. The fourth-order valence-corrected chi connectivity index (χ4v) is 3.80. The summed E-state index contributed by atoms with van der Waals surface area (Å²) in [5.41, 5.74) is 2.59. The van der Waals surface area contributed by atoms with E-state index in [1.807, 2.05) is 0 Å². The molecule has 1 saturated heterocycles. The zero-order chi connectivity index (χ0) is 21.1. The molecule has 30 heavy (non-hydrogen) atoms. The van der Waals surface area contributed by atoms with Crippen LogP contribution in [-0.2, 0) is 0 Å². The van der Waals surface area contributed by atoms with E-state index >= 15 is 0 Å². The Bertz CT molecular complexity index is 615. The van der Waals surface area contributed by atoms with E-state index in [0.29, 0.717) is 6.04 Å². The van der Waals surface area contributed by atoms with Crippen LogP contribution in [0.25, 0.3) is 0 Å². The number of piperazine rings is 1. The quantitative estimate of drug-likeness (QED) is 0.277. The molecule has 0 aliphatic carbocycles. The van der Waals surface area contributed by atoms with Crippen LogP contribution in [0.2, 0.25) is 0 Å². The number of aryl methyl sites for hydroxylation is 1. The van der Waals surface area contributed by atoms with E-state index in [1.54, 1.807) is 0 Å². The lowest BCUT2D eigenvalue weighted by atomic mass is 10.2. The number of halogens is 1. The third-order valence-electron chi connectivity index (χ3n) is 5.76. The number of hydrogen-bond acceptors (Lipinski definition) is 4. The average molecular weight is 531 g/mol. The monoisotopic (exact) mass is 530 g/mol. The molecule has 0 spiro atoms. The summed E-state index contributed by atoms with van der Waals surface area (Å²) >= 11 is 0. The van der Waals surface area contributed by atoms with Crippen molar-refractivity contribution in [1.82, 2.24) is 20.4 Å². The van der Waals surface area contributed by atoms with E-state index in [9.17, 15) is 0 Å². The van der Waals surface area contributed by atoms with Gasteiger partial charge in [0.15, 0.2) is 5.96 Å². The molecular formula is C23H43IN6. The first-order chi connectivity index (χ1) is 14.1. The Morgan fingerprint density at radius 1 is 1.13 bits per heavy atom. The number of likely N-dealkylation sites (N-methyl/N-ethyl adjacent to an activating group) is 2. The minimum absolute atomic E-state index is 0. The SMILES string of the molecule is CCNC(=NCC(C)N1CCN(CC)CC1)NCCN(CC)c1cccc(C)c1.I. The van der Waals surface area contributed by atoms with Gasteiger partial charge in [0.25, 0.3) is 0 Å². The van der Waals surface area contributed by atoms with E-state index in [0.717, 1.165) is 58.3 Å². The summed E-state index contributed by atoms with van der Waals surface area (Å²) in [4.78, 5) is 12.3. The van der Waals surface area contributed by atoms with Gasteiger partial charge in [0.05, 0.1) is 6.54 Å². The number of nitrogens with one attached hydrogen (secondary N) is 2. The zero-order valence-electron chi connectivity index (χ0n) is 19.7. The van der Waals surface area contributed by atoms with Crippen molar-refractivity contribution in [3.8, 4) is 0 Å². The molecule has 1 atom stereocenters. The zero-order valence-corrected chi connectivity index (χ0v) is 22.0. The maximum atomic E-state index is 4.86. The van der Waals surface area contributed by atoms with Gasteiger partial charge in [0.1, 0.15) is 0 Å². The molecule has 1 heterocycles. The molecule has 1 fully saturated rings. The van der Waals surface area contributed by atoms with Crippen molar-refractivity contribution in [2.75, 3.05) is 70.3 Å².